The van der Waals surface area contributed by atoms with Crippen LogP contribution in [0.25, 0.3) is 0 Å². The number of nitrogens with zero attached hydrogens (tertiary/aromatic N) is 1. The largest absolute Gasteiger partial charge is 0.299 e. The van der Waals surface area contributed by atoms with E-state index in [1.165, 1.54) is 31.0 Å². The molecule has 0 aromatic carbocycles. The summed E-state index contributed by atoms with van der Waals surface area (Å²) in [5.74, 6) is 2.67. The van der Waals surface area contributed by atoms with Crippen molar-refractivity contribution in [3.8, 4) is 0 Å². The lowest BCUT2D eigenvalue weighted by atomic mass is 10.3. The van der Waals surface area contributed by atoms with E-state index in [0.29, 0.717) is 0 Å². The van der Waals surface area contributed by atoms with E-state index in [-0.39, 0.29) is 0 Å². The molecule has 0 spiro atoms. The minimum atomic E-state index is 0.818. The second kappa shape index (κ2) is 4.24. The van der Waals surface area contributed by atoms with Crippen LogP contribution in [0.3, 0.4) is 0 Å². The molecule has 0 N–H and O–H groups in total. The van der Waals surface area contributed by atoms with E-state index < -0.39 is 0 Å². The van der Waals surface area contributed by atoms with Crippen molar-refractivity contribution in [2.75, 3.05) is 24.6 Å². The van der Waals surface area contributed by atoms with Gasteiger partial charge >= 0.3 is 0 Å². The highest BCUT2D eigenvalue weighted by Crippen LogP contribution is 2.15. The monoisotopic (exact) mass is 159 g/mol. The fourth-order valence-corrected chi connectivity index (χ4v) is 2.46. The van der Waals surface area contributed by atoms with Crippen LogP contribution in [0.5, 0.6) is 0 Å². The molecule has 0 aromatic rings. The smallest absolute Gasteiger partial charge is 0.0158 e. The van der Waals surface area contributed by atoms with Gasteiger partial charge in [-0.2, -0.15) is 11.8 Å². The van der Waals surface area contributed by atoms with Crippen LogP contribution in [-0.4, -0.2) is 35.5 Å². The minimum absolute atomic E-state index is 0.818. The summed E-state index contributed by atoms with van der Waals surface area (Å²) in [7, 11) is 0. The molecule has 60 valence electrons. The van der Waals surface area contributed by atoms with Crippen LogP contribution >= 0.6 is 11.8 Å². The first kappa shape index (κ1) is 8.41. The molecule has 1 heterocycles. The normalized spacial score (nSPS) is 28.8. The fourth-order valence-electron chi connectivity index (χ4n) is 1.38. The minimum Gasteiger partial charge on any atom is -0.299 e. The number of hydrogen-bond acceptors (Lipinski definition) is 2. The first-order valence-electron chi connectivity index (χ1n) is 4.16. The van der Waals surface area contributed by atoms with Gasteiger partial charge in [-0.15, -0.1) is 0 Å². The van der Waals surface area contributed by atoms with Crippen LogP contribution in [0.1, 0.15) is 20.3 Å². The van der Waals surface area contributed by atoms with Crippen LogP contribution in [0.2, 0.25) is 0 Å². The van der Waals surface area contributed by atoms with Crippen LogP contribution in [-0.2, 0) is 0 Å². The van der Waals surface area contributed by atoms with E-state index in [2.05, 4.69) is 30.5 Å². The van der Waals surface area contributed by atoms with Gasteiger partial charge in [0.25, 0.3) is 0 Å². The van der Waals surface area contributed by atoms with Crippen molar-refractivity contribution in [3.63, 3.8) is 0 Å². The highest BCUT2D eigenvalue weighted by atomic mass is 32.2. The predicted octanol–water partition coefficient (Wildman–Crippen LogP) is 1.83. The predicted molar refractivity (Wildman–Crippen MR) is 48.7 cm³/mol. The Bertz CT molecular complexity index is 93.3. The maximum absolute atomic E-state index is 2.59. The molecule has 0 radical (unpaired) electrons. The Morgan fingerprint density at radius 3 is 3.00 bits per heavy atom. The summed E-state index contributed by atoms with van der Waals surface area (Å²) in [6, 6.07) is 0.818. The molecular formula is C8H17NS. The third kappa shape index (κ3) is 2.17. The Morgan fingerprint density at radius 1 is 1.60 bits per heavy atom. The first-order chi connectivity index (χ1) is 4.84. The second-order valence-corrected chi connectivity index (χ2v) is 4.11. The van der Waals surface area contributed by atoms with Crippen molar-refractivity contribution in [2.45, 2.75) is 26.3 Å². The Hall–Kier alpha value is 0.310. The summed E-state index contributed by atoms with van der Waals surface area (Å²) in [5.41, 5.74) is 0. The van der Waals surface area contributed by atoms with E-state index >= 15 is 0 Å². The average molecular weight is 159 g/mol. The fraction of sp³-hybridized carbons (Fsp3) is 1.00. The lowest BCUT2D eigenvalue weighted by Crippen LogP contribution is -2.40. The molecule has 1 fully saturated rings. The first-order valence-corrected chi connectivity index (χ1v) is 5.32. The molecule has 1 rings (SSSR count). The Morgan fingerprint density at radius 2 is 2.40 bits per heavy atom. The highest BCUT2D eigenvalue weighted by Gasteiger charge is 2.16. The standard InChI is InChI=1S/C8H17NS/c1-3-4-9-5-6-10-7-8(9)2/h8H,3-7H2,1-2H3. The Labute approximate surface area is 68.2 Å². The number of hydrogen-bond donors (Lipinski definition) is 0. The summed E-state index contributed by atoms with van der Waals surface area (Å²) in [5, 5.41) is 0. The summed E-state index contributed by atoms with van der Waals surface area (Å²) in [6.07, 6.45) is 1.30. The third-order valence-corrected chi connectivity index (χ3v) is 3.21. The summed E-state index contributed by atoms with van der Waals surface area (Å²) >= 11 is 2.09. The van der Waals surface area contributed by atoms with Gasteiger partial charge in [-0.3, -0.25) is 4.90 Å². The Balaban J connectivity index is 2.25. The molecule has 0 aliphatic carbocycles. The molecule has 1 atom stereocenters. The van der Waals surface area contributed by atoms with Gasteiger partial charge in [-0.25, -0.2) is 0 Å². The molecule has 2 heteroatoms. The van der Waals surface area contributed by atoms with Crippen molar-refractivity contribution in [2.24, 2.45) is 0 Å². The van der Waals surface area contributed by atoms with E-state index in [1.54, 1.807) is 0 Å². The summed E-state index contributed by atoms with van der Waals surface area (Å²) in [4.78, 5) is 2.59. The summed E-state index contributed by atoms with van der Waals surface area (Å²) < 4.78 is 0. The molecule has 1 nitrogen and oxygen atoms in total. The van der Waals surface area contributed by atoms with Crippen LogP contribution < -0.4 is 0 Å². The highest BCUT2D eigenvalue weighted by molar-refractivity contribution is 7.99. The van der Waals surface area contributed by atoms with Crippen LogP contribution in [0.15, 0.2) is 0 Å². The third-order valence-electron chi connectivity index (χ3n) is 2.02. The van der Waals surface area contributed by atoms with E-state index in [4.69, 9.17) is 0 Å². The molecule has 1 aliphatic heterocycles. The molecular weight excluding hydrogens is 142 g/mol. The van der Waals surface area contributed by atoms with Crippen molar-refractivity contribution >= 4 is 11.8 Å². The maximum atomic E-state index is 2.59. The number of thioether (sulfide) groups is 1. The van der Waals surface area contributed by atoms with E-state index in [0.717, 1.165) is 6.04 Å². The molecule has 0 bridgehead atoms. The number of rotatable bonds is 2. The zero-order valence-electron chi connectivity index (χ0n) is 6.97. The van der Waals surface area contributed by atoms with Gasteiger partial charge in [0.1, 0.15) is 0 Å². The topological polar surface area (TPSA) is 3.24 Å². The van der Waals surface area contributed by atoms with Crippen molar-refractivity contribution in [3.05, 3.63) is 0 Å². The molecule has 0 aromatic heterocycles. The van der Waals surface area contributed by atoms with Gasteiger partial charge in [-0.05, 0) is 19.9 Å². The Kier molecular flexibility index (Phi) is 3.57. The maximum Gasteiger partial charge on any atom is 0.0158 e. The van der Waals surface area contributed by atoms with Gasteiger partial charge in [0, 0.05) is 24.1 Å². The van der Waals surface area contributed by atoms with E-state index in [1.807, 2.05) is 0 Å². The van der Waals surface area contributed by atoms with Crippen LogP contribution in [0.4, 0.5) is 0 Å². The summed E-state index contributed by atoms with van der Waals surface area (Å²) in [6.45, 7) is 7.19. The van der Waals surface area contributed by atoms with Gasteiger partial charge in [0.2, 0.25) is 0 Å². The molecule has 0 amide bonds. The van der Waals surface area contributed by atoms with Gasteiger partial charge < -0.3 is 0 Å². The zero-order valence-corrected chi connectivity index (χ0v) is 7.78. The van der Waals surface area contributed by atoms with Crippen molar-refractivity contribution in [1.29, 1.82) is 0 Å². The average Bonchev–Trinajstić information content (AvgIpc) is 1.94. The van der Waals surface area contributed by atoms with Crippen molar-refractivity contribution < 1.29 is 0 Å². The molecule has 1 aliphatic rings. The van der Waals surface area contributed by atoms with E-state index in [9.17, 15) is 0 Å². The lowest BCUT2D eigenvalue weighted by molar-refractivity contribution is 0.233. The quantitative estimate of drug-likeness (QED) is 0.605. The molecule has 10 heavy (non-hydrogen) atoms. The molecule has 0 saturated carbocycles. The second-order valence-electron chi connectivity index (χ2n) is 2.96. The lowest BCUT2D eigenvalue weighted by Gasteiger charge is -2.32. The van der Waals surface area contributed by atoms with Gasteiger partial charge in [-0.1, -0.05) is 6.92 Å². The molecule has 1 unspecified atom stereocenters. The van der Waals surface area contributed by atoms with Gasteiger partial charge in [0.05, 0.1) is 0 Å². The zero-order chi connectivity index (χ0) is 7.40. The van der Waals surface area contributed by atoms with Gasteiger partial charge in [0.15, 0.2) is 0 Å². The van der Waals surface area contributed by atoms with Crippen molar-refractivity contribution in [1.82, 2.24) is 4.90 Å². The molecule has 1 saturated heterocycles. The SMILES string of the molecule is CCCN1CCSCC1C. The van der Waals surface area contributed by atoms with Crippen LogP contribution in [0, 0.1) is 0 Å².